The maximum absolute atomic E-state index is 12.6. The predicted molar refractivity (Wildman–Crippen MR) is 78.2 cm³/mol. The van der Waals surface area contributed by atoms with E-state index in [1.165, 1.54) is 0 Å². The molecule has 1 aromatic carbocycles. The first-order valence-corrected chi connectivity index (χ1v) is 7.37. The molecule has 0 aromatic heterocycles. The quantitative estimate of drug-likeness (QED) is 0.907. The molecule has 0 atom stereocenters. The van der Waals surface area contributed by atoms with Gasteiger partial charge in [0.2, 0.25) is 0 Å². The Bertz CT molecular complexity index is 540. The van der Waals surface area contributed by atoms with Gasteiger partial charge in [0.25, 0.3) is 0 Å². The van der Waals surface area contributed by atoms with Crippen molar-refractivity contribution in [3.8, 4) is 5.75 Å². The molecule has 1 N–H and O–H groups in total. The highest BCUT2D eigenvalue weighted by atomic mass is 19.3. The first-order valence-electron chi connectivity index (χ1n) is 7.37. The van der Waals surface area contributed by atoms with Crippen LogP contribution in [0.2, 0.25) is 0 Å². The second kappa shape index (κ2) is 7.05. The average Bonchev–Trinajstić information content (AvgIpc) is 2.44. The molecule has 0 aliphatic carbocycles. The Kier molecular flexibility index (Phi) is 5.34. The molecule has 1 aromatic rings. The van der Waals surface area contributed by atoms with Gasteiger partial charge in [-0.25, -0.2) is 0 Å². The van der Waals surface area contributed by atoms with Crippen LogP contribution in [0.5, 0.6) is 5.75 Å². The zero-order valence-electron chi connectivity index (χ0n) is 12.8. The summed E-state index contributed by atoms with van der Waals surface area (Å²) >= 11 is 0. The number of hydrogen-bond donors (Lipinski definition) is 1. The number of carboxylic acids is 1. The largest absolute Gasteiger partial charge is 0.481 e. The molecule has 1 aliphatic heterocycles. The molecule has 0 bridgehead atoms. The van der Waals surface area contributed by atoms with Crippen molar-refractivity contribution in [3.63, 3.8) is 0 Å². The van der Waals surface area contributed by atoms with Crippen LogP contribution < -0.4 is 4.74 Å². The number of alkyl halides is 2. The molecule has 4 nitrogen and oxygen atoms in total. The Morgan fingerprint density at radius 1 is 1.32 bits per heavy atom. The van der Waals surface area contributed by atoms with Crippen molar-refractivity contribution in [2.75, 3.05) is 13.1 Å². The van der Waals surface area contributed by atoms with Gasteiger partial charge in [0.05, 0.1) is 5.92 Å². The van der Waals surface area contributed by atoms with Crippen LogP contribution in [0, 0.1) is 19.8 Å². The minimum absolute atomic E-state index is 0.207. The summed E-state index contributed by atoms with van der Waals surface area (Å²) in [6.45, 7) is 2.74. The second-order valence-corrected chi connectivity index (χ2v) is 5.81. The van der Waals surface area contributed by atoms with Crippen LogP contribution in [0.1, 0.15) is 29.5 Å². The summed E-state index contributed by atoms with van der Waals surface area (Å²) in [6, 6.07) is 3.51. The van der Waals surface area contributed by atoms with Crippen LogP contribution in [0.25, 0.3) is 0 Å². The van der Waals surface area contributed by atoms with Crippen LogP contribution in [0.15, 0.2) is 12.1 Å². The smallest absolute Gasteiger partial charge is 0.387 e. The Balaban J connectivity index is 2.09. The van der Waals surface area contributed by atoms with Crippen molar-refractivity contribution in [2.45, 2.75) is 39.8 Å². The van der Waals surface area contributed by atoms with E-state index in [2.05, 4.69) is 9.64 Å². The summed E-state index contributed by atoms with van der Waals surface area (Å²) in [6.07, 6.45) is 1.18. The number of aryl methyl sites for hydroxylation is 2. The number of likely N-dealkylation sites (tertiary alicyclic amines) is 1. The predicted octanol–water partition coefficient (Wildman–Crippen LogP) is 3.20. The number of ether oxygens (including phenoxy) is 1. The number of aliphatic carboxylic acids is 1. The SMILES string of the molecule is Cc1cc(CN2CCC(C(=O)O)CC2)c(OC(F)F)cc1C. The third kappa shape index (κ3) is 4.16. The Morgan fingerprint density at radius 3 is 2.45 bits per heavy atom. The highest BCUT2D eigenvalue weighted by Gasteiger charge is 2.25. The van der Waals surface area contributed by atoms with Crippen molar-refractivity contribution in [2.24, 2.45) is 5.92 Å². The fourth-order valence-electron chi connectivity index (χ4n) is 2.76. The summed E-state index contributed by atoms with van der Waals surface area (Å²) < 4.78 is 29.7. The Labute approximate surface area is 128 Å². The van der Waals surface area contributed by atoms with Gasteiger partial charge in [-0.1, -0.05) is 6.07 Å². The van der Waals surface area contributed by atoms with Crippen LogP contribution in [-0.4, -0.2) is 35.7 Å². The molecule has 0 radical (unpaired) electrons. The van der Waals surface area contributed by atoms with E-state index >= 15 is 0 Å². The summed E-state index contributed by atoms with van der Waals surface area (Å²) in [5.41, 5.74) is 2.65. The molecule has 6 heteroatoms. The van der Waals surface area contributed by atoms with Gasteiger partial charge in [0.15, 0.2) is 0 Å². The molecule has 1 aliphatic rings. The highest BCUT2D eigenvalue weighted by molar-refractivity contribution is 5.70. The molecule has 22 heavy (non-hydrogen) atoms. The number of carbonyl (C=O) groups is 1. The van der Waals surface area contributed by atoms with Gasteiger partial charge < -0.3 is 9.84 Å². The fourth-order valence-corrected chi connectivity index (χ4v) is 2.76. The maximum atomic E-state index is 12.6. The zero-order chi connectivity index (χ0) is 16.3. The first-order chi connectivity index (χ1) is 10.4. The molecule has 2 rings (SSSR count). The molecular weight excluding hydrogens is 292 g/mol. The minimum atomic E-state index is -2.85. The number of carboxylic acid groups (broad SMARTS) is 1. The van der Waals surface area contributed by atoms with Gasteiger partial charge in [-0.15, -0.1) is 0 Å². The molecular formula is C16H21F2NO3. The van der Waals surface area contributed by atoms with E-state index in [1.54, 1.807) is 6.07 Å². The number of halogens is 2. The fraction of sp³-hybridized carbons (Fsp3) is 0.562. The van der Waals surface area contributed by atoms with Gasteiger partial charge in [-0.05, 0) is 57.0 Å². The maximum Gasteiger partial charge on any atom is 0.387 e. The molecule has 1 fully saturated rings. The molecule has 0 spiro atoms. The van der Waals surface area contributed by atoms with E-state index in [1.807, 2.05) is 19.9 Å². The van der Waals surface area contributed by atoms with E-state index in [0.717, 1.165) is 16.7 Å². The molecule has 122 valence electrons. The van der Waals surface area contributed by atoms with Crippen molar-refractivity contribution in [1.82, 2.24) is 4.90 Å². The lowest BCUT2D eigenvalue weighted by atomic mass is 9.96. The molecule has 0 unspecified atom stereocenters. The second-order valence-electron chi connectivity index (χ2n) is 5.81. The van der Waals surface area contributed by atoms with E-state index < -0.39 is 12.6 Å². The lowest BCUT2D eigenvalue weighted by Crippen LogP contribution is -2.36. The highest BCUT2D eigenvalue weighted by Crippen LogP contribution is 2.28. The number of nitrogens with zero attached hydrogens (tertiary/aromatic N) is 1. The number of rotatable bonds is 5. The number of hydrogen-bond acceptors (Lipinski definition) is 3. The Hall–Kier alpha value is -1.69. The molecule has 0 amide bonds. The molecule has 0 saturated carbocycles. The third-order valence-electron chi connectivity index (χ3n) is 4.22. The Morgan fingerprint density at radius 2 is 1.91 bits per heavy atom. The summed E-state index contributed by atoms with van der Waals surface area (Å²) in [4.78, 5) is 13.0. The van der Waals surface area contributed by atoms with Crippen molar-refractivity contribution >= 4 is 5.97 Å². The van der Waals surface area contributed by atoms with Crippen LogP contribution in [-0.2, 0) is 11.3 Å². The first kappa shape index (κ1) is 16.7. The van der Waals surface area contributed by atoms with Crippen LogP contribution in [0.4, 0.5) is 8.78 Å². The van der Waals surface area contributed by atoms with Gasteiger partial charge >= 0.3 is 12.6 Å². The minimum Gasteiger partial charge on any atom is -0.481 e. The van der Waals surface area contributed by atoms with Gasteiger partial charge in [-0.2, -0.15) is 8.78 Å². The van der Waals surface area contributed by atoms with E-state index in [9.17, 15) is 13.6 Å². The lowest BCUT2D eigenvalue weighted by Gasteiger charge is -2.30. The number of piperidine rings is 1. The van der Waals surface area contributed by atoms with Crippen molar-refractivity contribution in [3.05, 3.63) is 28.8 Å². The zero-order valence-corrected chi connectivity index (χ0v) is 12.8. The van der Waals surface area contributed by atoms with Crippen LogP contribution >= 0.6 is 0 Å². The lowest BCUT2D eigenvalue weighted by molar-refractivity contribution is -0.143. The normalized spacial score (nSPS) is 17.0. The summed E-state index contributed by atoms with van der Waals surface area (Å²) in [5, 5.41) is 9.00. The van der Waals surface area contributed by atoms with Crippen molar-refractivity contribution in [1.29, 1.82) is 0 Å². The van der Waals surface area contributed by atoms with Crippen LogP contribution in [0.3, 0.4) is 0 Å². The average molecular weight is 313 g/mol. The van der Waals surface area contributed by atoms with Gasteiger partial charge in [0, 0.05) is 12.1 Å². The van der Waals surface area contributed by atoms with Gasteiger partial charge in [-0.3, -0.25) is 9.69 Å². The monoisotopic (exact) mass is 313 g/mol. The standard InChI is InChI=1S/C16H21F2NO3/c1-10-7-13(14(8-11(10)2)22-16(17)18)9-19-5-3-12(4-6-19)15(20)21/h7-8,12,16H,3-6,9H2,1-2H3,(H,20,21). The van der Waals surface area contributed by atoms with Gasteiger partial charge in [0.1, 0.15) is 5.75 Å². The van der Waals surface area contributed by atoms with E-state index in [0.29, 0.717) is 32.5 Å². The molecule has 1 saturated heterocycles. The number of benzene rings is 1. The summed E-state index contributed by atoms with van der Waals surface area (Å²) in [5.74, 6) is -0.848. The third-order valence-corrected chi connectivity index (χ3v) is 4.22. The van der Waals surface area contributed by atoms with E-state index in [4.69, 9.17) is 5.11 Å². The molecule has 1 heterocycles. The summed E-state index contributed by atoms with van der Waals surface area (Å²) in [7, 11) is 0. The van der Waals surface area contributed by atoms with E-state index in [-0.39, 0.29) is 11.7 Å². The van der Waals surface area contributed by atoms with Crippen molar-refractivity contribution < 1.29 is 23.4 Å². The topological polar surface area (TPSA) is 49.8 Å².